The zero-order chi connectivity index (χ0) is 27.5. The minimum atomic E-state index is -0.00356. The Morgan fingerprint density at radius 3 is 2.54 bits per heavy atom. The average molecular weight is 547 g/mol. The van der Waals surface area contributed by atoms with Crippen molar-refractivity contribution in [2.24, 2.45) is 0 Å². The molecule has 204 valence electrons. The van der Waals surface area contributed by atoms with Gasteiger partial charge < -0.3 is 19.7 Å². The number of rotatable bonds is 7. The van der Waals surface area contributed by atoms with E-state index in [1.807, 2.05) is 73.6 Å². The molecule has 1 saturated heterocycles. The molecular formula is C30H35ClN6O2. The Labute approximate surface area is 234 Å². The quantitative estimate of drug-likeness (QED) is 0.449. The van der Waals surface area contributed by atoms with Crippen molar-refractivity contribution in [1.82, 2.24) is 29.6 Å². The fourth-order valence-corrected chi connectivity index (χ4v) is 5.79. The highest BCUT2D eigenvalue weighted by atomic mass is 35.5. The molecule has 2 aliphatic rings. The van der Waals surface area contributed by atoms with Crippen LogP contribution in [0, 0.1) is 6.92 Å². The van der Waals surface area contributed by atoms with Crippen LogP contribution in [0.15, 0.2) is 54.7 Å². The molecule has 1 N–H and O–H groups in total. The van der Waals surface area contributed by atoms with Crippen LogP contribution in [0.2, 0.25) is 5.02 Å². The van der Waals surface area contributed by atoms with E-state index in [2.05, 4.69) is 26.7 Å². The Morgan fingerprint density at radius 2 is 1.85 bits per heavy atom. The van der Waals surface area contributed by atoms with Gasteiger partial charge in [0.25, 0.3) is 5.91 Å². The second kappa shape index (κ2) is 11.6. The Balaban J connectivity index is 1.33. The molecule has 1 aromatic heterocycles. The Bertz CT molecular complexity index is 1380. The summed E-state index contributed by atoms with van der Waals surface area (Å²) in [5.74, 6) is 0.836. The highest BCUT2D eigenvalue weighted by Gasteiger charge is 2.32. The van der Waals surface area contributed by atoms with Gasteiger partial charge in [0.15, 0.2) is 5.69 Å². The molecule has 3 aromatic rings. The molecule has 39 heavy (non-hydrogen) atoms. The van der Waals surface area contributed by atoms with Gasteiger partial charge in [-0.05, 0) is 56.1 Å². The average Bonchev–Trinajstić information content (AvgIpc) is 3.31. The summed E-state index contributed by atoms with van der Waals surface area (Å²) in [6.07, 6.45) is 4.35. The molecule has 0 atom stereocenters. The van der Waals surface area contributed by atoms with E-state index in [9.17, 15) is 9.59 Å². The number of halogens is 1. The predicted octanol–water partition coefficient (Wildman–Crippen LogP) is 4.24. The van der Waals surface area contributed by atoms with Gasteiger partial charge in [-0.1, -0.05) is 41.9 Å². The number of piperidine rings is 1. The minimum absolute atomic E-state index is 0.00356. The molecule has 0 saturated carbocycles. The van der Waals surface area contributed by atoms with Crippen LogP contribution in [0.25, 0.3) is 17.1 Å². The summed E-state index contributed by atoms with van der Waals surface area (Å²) in [5.41, 5.74) is 5.29. The summed E-state index contributed by atoms with van der Waals surface area (Å²) >= 11 is 6.21. The molecule has 0 bridgehead atoms. The van der Waals surface area contributed by atoms with E-state index in [4.69, 9.17) is 16.6 Å². The number of amides is 2. The summed E-state index contributed by atoms with van der Waals surface area (Å²) in [5, 5.41) is 3.52. The lowest BCUT2D eigenvalue weighted by molar-refractivity contribution is -0.108. The second-order valence-corrected chi connectivity index (χ2v) is 10.9. The third-order valence-corrected chi connectivity index (χ3v) is 8.02. The van der Waals surface area contributed by atoms with E-state index in [0.717, 1.165) is 59.8 Å². The first-order valence-electron chi connectivity index (χ1n) is 13.4. The van der Waals surface area contributed by atoms with E-state index in [-0.39, 0.29) is 11.9 Å². The number of likely N-dealkylation sites (tertiary alicyclic amines) is 1. The third-order valence-electron chi connectivity index (χ3n) is 7.79. The zero-order valence-corrected chi connectivity index (χ0v) is 23.5. The molecule has 1 fully saturated rings. The number of likely N-dealkylation sites (N-methyl/N-ethyl adjacent to an activating group) is 1. The van der Waals surface area contributed by atoms with Gasteiger partial charge in [-0.15, -0.1) is 0 Å². The van der Waals surface area contributed by atoms with Crippen molar-refractivity contribution < 1.29 is 9.59 Å². The maximum Gasteiger partial charge on any atom is 0.274 e. The molecule has 9 heteroatoms. The van der Waals surface area contributed by atoms with E-state index in [1.54, 1.807) is 0 Å². The number of fused-ring (bicyclic) bond motifs is 1. The molecule has 0 aliphatic carbocycles. The van der Waals surface area contributed by atoms with Gasteiger partial charge in [-0.2, -0.15) is 0 Å². The minimum Gasteiger partial charge on any atom is -0.376 e. The summed E-state index contributed by atoms with van der Waals surface area (Å²) in [7, 11) is 4.11. The Kier molecular flexibility index (Phi) is 8.04. The normalized spacial score (nSPS) is 16.6. The van der Waals surface area contributed by atoms with Crippen molar-refractivity contribution in [3.8, 4) is 11.4 Å². The molecule has 0 radical (unpaired) electrons. The molecule has 2 amide bonds. The predicted molar refractivity (Wildman–Crippen MR) is 154 cm³/mol. The molecular weight excluding hydrogens is 512 g/mol. The fraction of sp³-hybridized carbons (Fsp3) is 0.367. The van der Waals surface area contributed by atoms with Crippen molar-refractivity contribution in [2.45, 2.75) is 38.9 Å². The van der Waals surface area contributed by atoms with Crippen molar-refractivity contribution in [3.05, 3.63) is 82.3 Å². The lowest BCUT2D eigenvalue weighted by Gasteiger charge is -2.36. The standard InChI is InChI=1S/C30H35ClN6O2/c1-21-17-23(31)9-10-25(21)29-33-28(27-19-34(2)15-16-37(27)29)30(39)36-13-11-24(12-14-36)35(3)18-26(32-20-38)22-7-5-4-6-8-22/h4-10,17-18,20,24H,11-16,19H2,1-3H3,(H,32,38)/b26-18-. The smallest absolute Gasteiger partial charge is 0.274 e. The van der Waals surface area contributed by atoms with Gasteiger partial charge in [-0.3, -0.25) is 14.5 Å². The number of imidazole rings is 1. The number of aryl methyl sites for hydroxylation is 1. The van der Waals surface area contributed by atoms with Gasteiger partial charge in [0.05, 0.1) is 11.4 Å². The van der Waals surface area contributed by atoms with Gasteiger partial charge in [0.1, 0.15) is 5.82 Å². The monoisotopic (exact) mass is 546 g/mol. The van der Waals surface area contributed by atoms with Crippen LogP contribution in [0.4, 0.5) is 0 Å². The molecule has 0 unspecified atom stereocenters. The van der Waals surface area contributed by atoms with Gasteiger partial charge in [0, 0.05) is 62.6 Å². The number of benzene rings is 2. The number of aromatic nitrogens is 2. The number of carbonyl (C=O) groups excluding carboxylic acids is 2. The number of hydrogen-bond donors (Lipinski definition) is 1. The molecule has 2 aliphatic heterocycles. The largest absolute Gasteiger partial charge is 0.376 e. The number of nitrogens with zero attached hydrogens (tertiary/aromatic N) is 5. The fourth-order valence-electron chi connectivity index (χ4n) is 5.56. The van der Waals surface area contributed by atoms with Gasteiger partial charge >= 0.3 is 0 Å². The number of carbonyl (C=O) groups is 2. The highest BCUT2D eigenvalue weighted by Crippen LogP contribution is 2.31. The maximum absolute atomic E-state index is 13.8. The molecule has 5 rings (SSSR count). The maximum atomic E-state index is 13.8. The molecule has 2 aromatic carbocycles. The highest BCUT2D eigenvalue weighted by molar-refractivity contribution is 6.30. The van der Waals surface area contributed by atoms with Crippen molar-refractivity contribution in [3.63, 3.8) is 0 Å². The summed E-state index contributed by atoms with van der Waals surface area (Å²) in [6, 6.07) is 15.9. The summed E-state index contributed by atoms with van der Waals surface area (Å²) in [4.78, 5) is 36.3. The van der Waals surface area contributed by atoms with Crippen LogP contribution >= 0.6 is 11.6 Å². The van der Waals surface area contributed by atoms with Crippen LogP contribution < -0.4 is 5.32 Å². The lowest BCUT2D eigenvalue weighted by Crippen LogP contribution is -2.45. The number of nitrogens with one attached hydrogen (secondary N) is 1. The van der Waals surface area contributed by atoms with Crippen LogP contribution in [0.5, 0.6) is 0 Å². The Hall–Kier alpha value is -3.62. The molecule has 0 spiro atoms. The first-order valence-corrected chi connectivity index (χ1v) is 13.8. The third kappa shape index (κ3) is 5.72. The molecule has 3 heterocycles. The van der Waals surface area contributed by atoms with Crippen LogP contribution in [0.1, 0.15) is 40.2 Å². The Morgan fingerprint density at radius 1 is 1.10 bits per heavy atom. The molecule has 8 nitrogen and oxygen atoms in total. The second-order valence-electron chi connectivity index (χ2n) is 10.4. The van der Waals surface area contributed by atoms with Crippen molar-refractivity contribution in [2.75, 3.05) is 33.7 Å². The van der Waals surface area contributed by atoms with Crippen molar-refractivity contribution in [1.29, 1.82) is 0 Å². The van der Waals surface area contributed by atoms with Crippen LogP contribution in [0.3, 0.4) is 0 Å². The van der Waals surface area contributed by atoms with Gasteiger partial charge in [-0.25, -0.2) is 4.98 Å². The topological polar surface area (TPSA) is 73.7 Å². The van der Waals surface area contributed by atoms with Crippen molar-refractivity contribution >= 4 is 29.6 Å². The summed E-state index contributed by atoms with van der Waals surface area (Å²) < 4.78 is 2.21. The first kappa shape index (κ1) is 27.0. The summed E-state index contributed by atoms with van der Waals surface area (Å²) in [6.45, 7) is 5.73. The lowest BCUT2D eigenvalue weighted by atomic mass is 10.0. The van der Waals surface area contributed by atoms with E-state index < -0.39 is 0 Å². The van der Waals surface area contributed by atoms with E-state index in [0.29, 0.717) is 36.8 Å². The zero-order valence-electron chi connectivity index (χ0n) is 22.7. The first-order chi connectivity index (χ1) is 18.9. The number of hydrogen-bond acceptors (Lipinski definition) is 5. The van der Waals surface area contributed by atoms with Crippen LogP contribution in [-0.2, 0) is 17.9 Å². The van der Waals surface area contributed by atoms with Gasteiger partial charge in [0.2, 0.25) is 6.41 Å². The van der Waals surface area contributed by atoms with E-state index in [1.165, 1.54) is 0 Å². The van der Waals surface area contributed by atoms with Crippen LogP contribution in [-0.4, -0.2) is 76.3 Å². The SMILES string of the molecule is Cc1cc(Cl)ccc1-c1nc(C(=O)N2CCC(N(C)/C=C(\NC=O)c3ccccc3)CC2)c2n1CCN(C)C2. The van der Waals surface area contributed by atoms with E-state index >= 15 is 0 Å².